The number of carbonyl (C=O) groups is 3. The molecule has 7 nitrogen and oxygen atoms in total. The number of amides is 2. The Labute approximate surface area is 227 Å². The maximum Gasteiger partial charge on any atom is 0.416 e. The first-order valence-corrected chi connectivity index (χ1v) is 12.7. The van der Waals surface area contributed by atoms with Gasteiger partial charge in [0.25, 0.3) is 0 Å². The summed E-state index contributed by atoms with van der Waals surface area (Å²) in [5.41, 5.74) is -0.0817. The Morgan fingerprint density at radius 1 is 0.950 bits per heavy atom. The van der Waals surface area contributed by atoms with Crippen LogP contribution in [-0.4, -0.2) is 22.6 Å². The average Bonchev–Trinajstić information content (AvgIpc) is 3.73. The summed E-state index contributed by atoms with van der Waals surface area (Å²) in [4.78, 5) is 39.7. The van der Waals surface area contributed by atoms with Gasteiger partial charge in [0.2, 0.25) is 11.8 Å². The van der Waals surface area contributed by atoms with Gasteiger partial charge in [-0.2, -0.15) is 13.2 Å². The van der Waals surface area contributed by atoms with Crippen LogP contribution in [0, 0.1) is 11.7 Å². The van der Waals surface area contributed by atoms with Gasteiger partial charge in [0.1, 0.15) is 17.4 Å². The van der Waals surface area contributed by atoms with Crippen LogP contribution in [0.5, 0.6) is 11.5 Å². The lowest BCUT2D eigenvalue weighted by Gasteiger charge is -2.12. The van der Waals surface area contributed by atoms with Crippen molar-refractivity contribution in [2.45, 2.75) is 51.6 Å². The third kappa shape index (κ3) is 8.36. The third-order valence-electron chi connectivity index (χ3n) is 6.18. The van der Waals surface area contributed by atoms with Crippen LogP contribution in [0.2, 0.25) is 0 Å². The molecule has 1 aliphatic rings. The predicted octanol–water partition coefficient (Wildman–Crippen LogP) is 6.47. The molecule has 0 unspecified atom stereocenters. The number of Topliss-reactive ketones (excluding diaryl/α,β-unsaturated/α-hetero) is 1. The second-order valence-corrected chi connectivity index (χ2v) is 9.64. The summed E-state index contributed by atoms with van der Waals surface area (Å²) in [6.45, 7) is 1.19. The van der Waals surface area contributed by atoms with E-state index in [-0.39, 0.29) is 60.3 Å². The molecule has 40 heavy (non-hydrogen) atoms. The monoisotopic (exact) mass is 557 g/mol. The summed E-state index contributed by atoms with van der Waals surface area (Å²) in [5, 5.41) is 5.04. The van der Waals surface area contributed by atoms with Gasteiger partial charge in [-0.05, 0) is 73.2 Å². The molecule has 0 spiro atoms. The Morgan fingerprint density at radius 2 is 1.68 bits per heavy atom. The number of anilines is 2. The number of halogens is 4. The highest BCUT2D eigenvalue weighted by molar-refractivity contribution is 5.93. The van der Waals surface area contributed by atoms with Crippen LogP contribution in [0.1, 0.15) is 49.3 Å². The lowest BCUT2D eigenvalue weighted by Crippen LogP contribution is -2.14. The average molecular weight is 558 g/mol. The Balaban J connectivity index is 1.31. The largest absolute Gasteiger partial charge is 0.454 e. The molecule has 210 valence electrons. The fourth-order valence-corrected chi connectivity index (χ4v) is 3.99. The number of nitrogens with zero attached hydrogens (tertiary/aromatic N) is 1. The number of hydrogen-bond acceptors (Lipinski definition) is 5. The highest BCUT2D eigenvalue weighted by atomic mass is 19.4. The smallest absolute Gasteiger partial charge is 0.416 e. The van der Waals surface area contributed by atoms with E-state index in [0.717, 1.165) is 25.0 Å². The van der Waals surface area contributed by atoms with Crippen LogP contribution < -0.4 is 15.4 Å². The number of alkyl halides is 3. The third-order valence-corrected chi connectivity index (χ3v) is 6.18. The minimum atomic E-state index is -4.60. The maximum absolute atomic E-state index is 14.7. The number of nitrogens with one attached hydrogen (secondary N) is 2. The predicted molar refractivity (Wildman–Crippen MR) is 139 cm³/mol. The first kappa shape index (κ1) is 28.7. The van der Waals surface area contributed by atoms with Gasteiger partial charge in [0.15, 0.2) is 11.6 Å². The Kier molecular flexibility index (Phi) is 8.81. The highest BCUT2D eigenvalue weighted by Gasteiger charge is 2.31. The summed E-state index contributed by atoms with van der Waals surface area (Å²) in [6.07, 6.45) is -1.09. The molecule has 0 atom stereocenters. The number of carbonyl (C=O) groups excluding carboxylic acids is 3. The van der Waals surface area contributed by atoms with Crippen molar-refractivity contribution in [1.29, 1.82) is 0 Å². The van der Waals surface area contributed by atoms with Crippen molar-refractivity contribution in [3.8, 4) is 11.5 Å². The highest BCUT2D eigenvalue weighted by Crippen LogP contribution is 2.33. The molecule has 2 amide bonds. The van der Waals surface area contributed by atoms with Gasteiger partial charge < -0.3 is 15.4 Å². The van der Waals surface area contributed by atoms with E-state index in [4.69, 9.17) is 4.74 Å². The van der Waals surface area contributed by atoms with E-state index in [0.29, 0.717) is 17.1 Å². The Hall–Kier alpha value is -4.28. The van der Waals surface area contributed by atoms with Crippen LogP contribution in [0.25, 0.3) is 0 Å². The lowest BCUT2D eigenvalue weighted by molar-refractivity contribution is -0.137. The molecule has 11 heteroatoms. The van der Waals surface area contributed by atoms with Crippen molar-refractivity contribution in [2.75, 3.05) is 10.6 Å². The molecule has 1 fully saturated rings. The zero-order valence-corrected chi connectivity index (χ0v) is 21.6. The quantitative estimate of drug-likeness (QED) is 0.263. The van der Waals surface area contributed by atoms with Crippen molar-refractivity contribution in [1.82, 2.24) is 4.98 Å². The van der Waals surface area contributed by atoms with Gasteiger partial charge in [-0.3, -0.25) is 14.4 Å². The molecule has 0 radical (unpaired) electrons. The molecule has 0 bridgehead atoms. The summed E-state index contributed by atoms with van der Waals surface area (Å²) in [6, 6.07) is 10.5. The number of aryl methyl sites for hydroxylation is 2. The molecule has 2 N–H and O–H groups in total. The van der Waals surface area contributed by atoms with Crippen LogP contribution in [0.4, 0.5) is 29.1 Å². The van der Waals surface area contributed by atoms with Crippen LogP contribution >= 0.6 is 0 Å². The van der Waals surface area contributed by atoms with E-state index < -0.39 is 23.5 Å². The van der Waals surface area contributed by atoms with E-state index in [1.54, 1.807) is 6.07 Å². The molecule has 0 saturated heterocycles. The molecular weight excluding hydrogens is 530 g/mol. The van der Waals surface area contributed by atoms with Crippen molar-refractivity contribution in [3.05, 3.63) is 77.2 Å². The number of hydrogen-bond donors (Lipinski definition) is 2. The van der Waals surface area contributed by atoms with E-state index in [1.807, 2.05) is 0 Å². The van der Waals surface area contributed by atoms with Gasteiger partial charge >= 0.3 is 6.18 Å². The molecule has 1 saturated carbocycles. The SMILES string of the molecule is CC(=O)Nc1cc(CCC(=O)CCc2ccc(Oc3ccnc(NC(=O)C4CC4)c3)c(F)c2)cc(C(F)(F)F)c1. The first-order valence-electron chi connectivity index (χ1n) is 12.7. The number of rotatable bonds is 11. The first-order chi connectivity index (χ1) is 19.0. The zero-order chi connectivity index (χ0) is 28.9. The fourth-order valence-electron chi connectivity index (χ4n) is 3.99. The van der Waals surface area contributed by atoms with Crippen molar-refractivity contribution >= 4 is 29.1 Å². The molecule has 1 aromatic heterocycles. The van der Waals surface area contributed by atoms with Crippen LogP contribution in [0.15, 0.2) is 54.7 Å². The molecule has 0 aliphatic heterocycles. The van der Waals surface area contributed by atoms with Gasteiger partial charge in [0.05, 0.1) is 5.56 Å². The molecule has 4 rings (SSSR count). The molecular formula is C29H27F4N3O4. The topological polar surface area (TPSA) is 97.4 Å². The van der Waals surface area contributed by atoms with Crippen molar-refractivity contribution in [3.63, 3.8) is 0 Å². The number of pyridine rings is 1. The summed E-state index contributed by atoms with van der Waals surface area (Å²) >= 11 is 0. The number of aromatic nitrogens is 1. The lowest BCUT2D eigenvalue weighted by atomic mass is 10.00. The molecule has 3 aromatic rings. The van der Waals surface area contributed by atoms with Gasteiger partial charge in [-0.1, -0.05) is 6.07 Å². The van der Waals surface area contributed by atoms with E-state index in [2.05, 4.69) is 15.6 Å². The van der Waals surface area contributed by atoms with Crippen molar-refractivity contribution in [2.24, 2.45) is 5.92 Å². The van der Waals surface area contributed by atoms with Crippen LogP contribution in [-0.2, 0) is 33.4 Å². The molecule has 1 heterocycles. The number of benzene rings is 2. The number of ether oxygens (including phenoxy) is 1. The molecule has 1 aliphatic carbocycles. The van der Waals surface area contributed by atoms with Crippen LogP contribution in [0.3, 0.4) is 0 Å². The maximum atomic E-state index is 14.7. The zero-order valence-electron chi connectivity index (χ0n) is 21.6. The summed E-state index contributed by atoms with van der Waals surface area (Å²) in [5.74, 6) is -0.892. The van der Waals surface area contributed by atoms with E-state index in [1.165, 1.54) is 43.5 Å². The second-order valence-electron chi connectivity index (χ2n) is 9.64. The fraction of sp³-hybridized carbons (Fsp3) is 0.310. The summed E-state index contributed by atoms with van der Waals surface area (Å²) in [7, 11) is 0. The van der Waals surface area contributed by atoms with Gasteiger partial charge in [-0.15, -0.1) is 0 Å². The van der Waals surface area contributed by atoms with Crippen molar-refractivity contribution < 1.29 is 36.7 Å². The minimum Gasteiger partial charge on any atom is -0.454 e. The van der Waals surface area contributed by atoms with Gasteiger partial charge in [-0.25, -0.2) is 9.37 Å². The number of ketones is 1. The normalized spacial score (nSPS) is 13.0. The Bertz CT molecular complexity index is 1420. The van der Waals surface area contributed by atoms with Gasteiger partial charge in [0, 0.05) is 43.6 Å². The molecule has 2 aromatic carbocycles. The minimum absolute atomic E-state index is 0.00623. The Morgan fingerprint density at radius 3 is 2.33 bits per heavy atom. The summed E-state index contributed by atoms with van der Waals surface area (Å²) < 4.78 is 60.0. The second kappa shape index (κ2) is 12.3. The standard InChI is InChI=1S/C29H27F4N3O4/c1-17(37)35-22-13-19(12-21(15-22)29(31,32)33)3-8-23(38)7-2-18-4-9-26(25(30)14-18)40-24-10-11-34-27(16-24)36-28(39)20-5-6-20/h4,9-16,20H,2-3,5-8H2,1H3,(H,35,37)(H,34,36,39). The van der Waals surface area contributed by atoms with E-state index >= 15 is 0 Å². The van der Waals surface area contributed by atoms with E-state index in [9.17, 15) is 31.9 Å².